The summed E-state index contributed by atoms with van der Waals surface area (Å²) in [6.45, 7) is 2.69. The Kier molecular flexibility index (Phi) is 4.82. The van der Waals surface area contributed by atoms with Crippen molar-refractivity contribution in [2.45, 2.75) is 25.8 Å². The Morgan fingerprint density at radius 3 is 2.65 bits per heavy atom. The predicted molar refractivity (Wildman–Crippen MR) is 85.3 cm³/mol. The molecule has 0 atom stereocenters. The van der Waals surface area contributed by atoms with Gasteiger partial charge in [0.05, 0.1) is 5.56 Å². The molecule has 0 radical (unpaired) electrons. The van der Waals surface area contributed by atoms with Crippen LogP contribution in [0.2, 0.25) is 0 Å². The first-order chi connectivity index (χ1) is 11.1. The SMILES string of the molecule is O=C(CCCN1CCc2ccccc2C1)c1ccc(F)cc1F. The van der Waals surface area contributed by atoms with Gasteiger partial charge in [-0.05, 0) is 42.6 Å². The van der Waals surface area contributed by atoms with Gasteiger partial charge in [-0.2, -0.15) is 0 Å². The van der Waals surface area contributed by atoms with Gasteiger partial charge in [0.25, 0.3) is 0 Å². The largest absolute Gasteiger partial charge is 0.299 e. The number of nitrogens with zero attached hydrogens (tertiary/aromatic N) is 1. The molecule has 120 valence electrons. The van der Waals surface area contributed by atoms with Crippen molar-refractivity contribution in [1.29, 1.82) is 0 Å². The van der Waals surface area contributed by atoms with Crippen molar-refractivity contribution in [3.05, 3.63) is 70.8 Å². The lowest BCUT2D eigenvalue weighted by Gasteiger charge is -2.28. The molecule has 0 saturated carbocycles. The molecule has 3 rings (SSSR count). The van der Waals surface area contributed by atoms with Crippen molar-refractivity contribution in [2.24, 2.45) is 0 Å². The molecule has 0 fully saturated rings. The van der Waals surface area contributed by atoms with Crippen LogP contribution in [0.25, 0.3) is 0 Å². The quantitative estimate of drug-likeness (QED) is 0.778. The minimum absolute atomic E-state index is 0.0182. The summed E-state index contributed by atoms with van der Waals surface area (Å²) in [4.78, 5) is 14.4. The Bertz CT molecular complexity index is 714. The van der Waals surface area contributed by atoms with Gasteiger partial charge >= 0.3 is 0 Å². The predicted octanol–water partition coefficient (Wildman–Crippen LogP) is 3.99. The van der Waals surface area contributed by atoms with Crippen LogP contribution in [0, 0.1) is 11.6 Å². The zero-order chi connectivity index (χ0) is 16.2. The fourth-order valence-corrected chi connectivity index (χ4v) is 3.06. The first-order valence-electron chi connectivity index (χ1n) is 7.91. The number of halogens is 2. The van der Waals surface area contributed by atoms with Gasteiger partial charge in [-0.15, -0.1) is 0 Å². The molecule has 4 heteroatoms. The third-order valence-electron chi connectivity index (χ3n) is 4.32. The molecule has 0 spiro atoms. The van der Waals surface area contributed by atoms with E-state index in [1.807, 2.05) is 6.07 Å². The molecule has 0 bridgehead atoms. The highest BCUT2D eigenvalue weighted by atomic mass is 19.1. The summed E-state index contributed by atoms with van der Waals surface area (Å²) in [6, 6.07) is 11.5. The van der Waals surface area contributed by atoms with E-state index in [2.05, 4.69) is 23.1 Å². The second kappa shape index (κ2) is 7.01. The zero-order valence-electron chi connectivity index (χ0n) is 12.9. The number of ketones is 1. The normalized spacial score (nSPS) is 14.5. The molecular weight excluding hydrogens is 296 g/mol. The maximum Gasteiger partial charge on any atom is 0.165 e. The van der Waals surface area contributed by atoms with Gasteiger partial charge in [-0.1, -0.05) is 24.3 Å². The number of rotatable bonds is 5. The monoisotopic (exact) mass is 315 g/mol. The van der Waals surface area contributed by atoms with E-state index in [1.54, 1.807) is 0 Å². The average Bonchev–Trinajstić information content (AvgIpc) is 2.54. The lowest BCUT2D eigenvalue weighted by atomic mass is 9.99. The maximum absolute atomic E-state index is 13.6. The maximum atomic E-state index is 13.6. The molecule has 0 unspecified atom stereocenters. The van der Waals surface area contributed by atoms with E-state index < -0.39 is 11.6 Å². The fraction of sp³-hybridized carbons (Fsp3) is 0.316. The Labute approximate surface area is 134 Å². The van der Waals surface area contributed by atoms with Crippen LogP contribution >= 0.6 is 0 Å². The van der Waals surface area contributed by atoms with Crippen LogP contribution in [0.15, 0.2) is 42.5 Å². The topological polar surface area (TPSA) is 20.3 Å². The van der Waals surface area contributed by atoms with Crippen LogP contribution in [-0.2, 0) is 13.0 Å². The average molecular weight is 315 g/mol. The molecule has 0 aromatic heterocycles. The zero-order valence-corrected chi connectivity index (χ0v) is 12.9. The van der Waals surface area contributed by atoms with E-state index in [9.17, 15) is 13.6 Å². The molecule has 1 heterocycles. The Hall–Kier alpha value is -2.07. The first-order valence-corrected chi connectivity index (χ1v) is 7.91. The number of carbonyl (C=O) groups excluding carboxylic acids is 1. The Morgan fingerprint density at radius 1 is 1.09 bits per heavy atom. The van der Waals surface area contributed by atoms with Gasteiger partial charge < -0.3 is 0 Å². The van der Waals surface area contributed by atoms with Gasteiger partial charge in [0.1, 0.15) is 11.6 Å². The summed E-state index contributed by atoms with van der Waals surface area (Å²) in [5.41, 5.74) is 2.72. The van der Waals surface area contributed by atoms with Crippen LogP contribution in [0.5, 0.6) is 0 Å². The minimum Gasteiger partial charge on any atom is -0.299 e. The first kappa shape index (κ1) is 15.8. The molecule has 0 saturated heterocycles. The molecular formula is C19H19F2NO. The summed E-state index contributed by atoms with van der Waals surface area (Å²) < 4.78 is 26.4. The second-order valence-corrected chi connectivity index (χ2v) is 5.95. The molecule has 23 heavy (non-hydrogen) atoms. The van der Waals surface area contributed by atoms with E-state index in [4.69, 9.17) is 0 Å². The molecule has 0 aliphatic carbocycles. The van der Waals surface area contributed by atoms with Crippen LogP contribution in [0.1, 0.15) is 34.3 Å². The Balaban J connectivity index is 1.51. The third kappa shape index (κ3) is 3.82. The Morgan fingerprint density at radius 2 is 1.87 bits per heavy atom. The third-order valence-corrected chi connectivity index (χ3v) is 4.32. The summed E-state index contributed by atoms with van der Waals surface area (Å²) >= 11 is 0. The standard InChI is InChI=1S/C19H19F2NO/c20-16-7-8-17(18(21)12-16)19(23)6-3-10-22-11-9-14-4-1-2-5-15(14)13-22/h1-2,4-5,7-8,12H,3,6,9-11,13H2. The molecule has 1 aliphatic rings. The van der Waals surface area contributed by atoms with Crippen LogP contribution in [0.3, 0.4) is 0 Å². The number of hydrogen-bond acceptors (Lipinski definition) is 2. The molecule has 2 aromatic carbocycles. The van der Waals surface area contributed by atoms with Gasteiger partial charge in [0, 0.05) is 25.6 Å². The van der Waals surface area contributed by atoms with Gasteiger partial charge in [-0.25, -0.2) is 8.78 Å². The molecule has 2 aromatic rings. The van der Waals surface area contributed by atoms with Crippen molar-refractivity contribution in [1.82, 2.24) is 4.90 Å². The molecule has 0 amide bonds. The highest BCUT2D eigenvalue weighted by Gasteiger charge is 2.17. The van der Waals surface area contributed by atoms with Crippen molar-refractivity contribution < 1.29 is 13.6 Å². The number of carbonyl (C=O) groups is 1. The van der Waals surface area contributed by atoms with E-state index >= 15 is 0 Å². The van der Waals surface area contributed by atoms with Crippen molar-refractivity contribution in [3.63, 3.8) is 0 Å². The van der Waals surface area contributed by atoms with Crippen LogP contribution < -0.4 is 0 Å². The van der Waals surface area contributed by atoms with Crippen LogP contribution in [-0.4, -0.2) is 23.8 Å². The number of Topliss-reactive ketones (excluding diaryl/α,β-unsaturated/α-hetero) is 1. The van der Waals surface area contributed by atoms with E-state index in [-0.39, 0.29) is 17.8 Å². The van der Waals surface area contributed by atoms with E-state index in [1.165, 1.54) is 17.2 Å². The summed E-state index contributed by atoms with van der Waals surface area (Å²) in [7, 11) is 0. The van der Waals surface area contributed by atoms with E-state index in [0.717, 1.165) is 38.2 Å². The summed E-state index contributed by atoms with van der Waals surface area (Å²) in [5.74, 6) is -1.70. The molecule has 0 N–H and O–H groups in total. The second-order valence-electron chi connectivity index (χ2n) is 5.95. The van der Waals surface area contributed by atoms with Gasteiger partial charge in [0.15, 0.2) is 5.78 Å². The summed E-state index contributed by atoms with van der Waals surface area (Å²) in [6.07, 6.45) is 1.98. The number of hydrogen-bond donors (Lipinski definition) is 0. The summed E-state index contributed by atoms with van der Waals surface area (Å²) in [5, 5.41) is 0. The lowest BCUT2D eigenvalue weighted by molar-refractivity contribution is 0.0969. The minimum atomic E-state index is -0.776. The van der Waals surface area contributed by atoms with Gasteiger partial charge in [-0.3, -0.25) is 9.69 Å². The van der Waals surface area contributed by atoms with Crippen LogP contribution in [0.4, 0.5) is 8.78 Å². The van der Waals surface area contributed by atoms with Crippen molar-refractivity contribution in [2.75, 3.05) is 13.1 Å². The van der Waals surface area contributed by atoms with E-state index in [0.29, 0.717) is 6.42 Å². The van der Waals surface area contributed by atoms with Gasteiger partial charge in [0.2, 0.25) is 0 Å². The smallest absolute Gasteiger partial charge is 0.165 e. The highest BCUT2D eigenvalue weighted by molar-refractivity contribution is 5.96. The fourth-order valence-electron chi connectivity index (χ4n) is 3.06. The molecule has 2 nitrogen and oxygen atoms in total. The number of fused-ring (bicyclic) bond motifs is 1. The highest BCUT2D eigenvalue weighted by Crippen LogP contribution is 2.19. The number of benzene rings is 2. The molecule has 1 aliphatic heterocycles. The lowest BCUT2D eigenvalue weighted by Crippen LogP contribution is -2.31. The van der Waals surface area contributed by atoms with Crippen molar-refractivity contribution >= 4 is 5.78 Å². The van der Waals surface area contributed by atoms with Crippen molar-refractivity contribution in [3.8, 4) is 0 Å².